The Balaban J connectivity index is 2.67. The van der Waals surface area contributed by atoms with Gasteiger partial charge in [0.25, 0.3) is 0 Å². The molecule has 1 aromatic rings. The molecule has 0 heterocycles. The lowest BCUT2D eigenvalue weighted by Gasteiger charge is -2.19. The molecule has 1 aromatic carbocycles. The van der Waals surface area contributed by atoms with E-state index in [1.54, 1.807) is 6.08 Å². The number of hydrogen-bond donors (Lipinski definition) is 0. The minimum atomic E-state index is 0.0682. The van der Waals surface area contributed by atoms with Gasteiger partial charge < -0.3 is 4.90 Å². The third-order valence-electron chi connectivity index (χ3n) is 2.57. The van der Waals surface area contributed by atoms with Crippen molar-refractivity contribution in [3.63, 3.8) is 0 Å². The molecule has 0 saturated heterocycles. The predicted octanol–water partition coefficient (Wildman–Crippen LogP) is 4.00. The second-order valence-electron chi connectivity index (χ2n) is 4.21. The SMILES string of the molecule is CCCN(CCC)C(=O)/C=C/c1cccc(Cl)c1. The van der Waals surface area contributed by atoms with Gasteiger partial charge in [0.15, 0.2) is 0 Å². The first-order chi connectivity index (χ1) is 8.67. The fraction of sp³-hybridized carbons (Fsp3) is 0.400. The predicted molar refractivity (Wildman–Crippen MR) is 77.6 cm³/mol. The van der Waals surface area contributed by atoms with E-state index in [2.05, 4.69) is 13.8 Å². The van der Waals surface area contributed by atoms with Gasteiger partial charge in [-0.3, -0.25) is 4.79 Å². The summed E-state index contributed by atoms with van der Waals surface area (Å²) in [6, 6.07) is 7.47. The minimum absolute atomic E-state index is 0.0682. The summed E-state index contributed by atoms with van der Waals surface area (Å²) >= 11 is 5.89. The van der Waals surface area contributed by atoms with Crippen LogP contribution in [0.25, 0.3) is 6.08 Å². The number of benzene rings is 1. The zero-order valence-electron chi connectivity index (χ0n) is 11.0. The van der Waals surface area contributed by atoms with Crippen molar-refractivity contribution in [1.82, 2.24) is 4.90 Å². The van der Waals surface area contributed by atoms with Gasteiger partial charge in [0.05, 0.1) is 0 Å². The zero-order chi connectivity index (χ0) is 13.4. The Kier molecular flexibility index (Phi) is 6.51. The monoisotopic (exact) mass is 265 g/mol. The topological polar surface area (TPSA) is 20.3 Å². The van der Waals surface area contributed by atoms with Crippen LogP contribution in [0.1, 0.15) is 32.3 Å². The fourth-order valence-electron chi connectivity index (χ4n) is 1.76. The number of halogens is 1. The molecule has 0 aliphatic carbocycles. The van der Waals surface area contributed by atoms with Crippen LogP contribution >= 0.6 is 11.6 Å². The van der Waals surface area contributed by atoms with Crippen LogP contribution in [0.5, 0.6) is 0 Å². The Morgan fingerprint density at radius 2 is 1.94 bits per heavy atom. The van der Waals surface area contributed by atoms with Crippen LogP contribution in [0.3, 0.4) is 0 Å². The van der Waals surface area contributed by atoms with Crippen LogP contribution in [0, 0.1) is 0 Å². The summed E-state index contributed by atoms with van der Waals surface area (Å²) in [5, 5.41) is 0.684. The van der Waals surface area contributed by atoms with Crippen molar-refractivity contribution >= 4 is 23.6 Å². The summed E-state index contributed by atoms with van der Waals surface area (Å²) in [7, 11) is 0. The largest absolute Gasteiger partial charge is 0.339 e. The van der Waals surface area contributed by atoms with Crippen molar-refractivity contribution in [2.45, 2.75) is 26.7 Å². The summed E-state index contributed by atoms with van der Waals surface area (Å²) in [5.41, 5.74) is 0.948. The van der Waals surface area contributed by atoms with E-state index in [0.717, 1.165) is 31.5 Å². The number of carbonyl (C=O) groups is 1. The molecule has 0 radical (unpaired) electrons. The standard InChI is InChI=1S/C15H20ClNO/c1-3-10-17(11-4-2)15(18)9-8-13-6-5-7-14(16)12-13/h5-9,12H,3-4,10-11H2,1-2H3/b9-8+. The van der Waals surface area contributed by atoms with Crippen LogP contribution < -0.4 is 0 Å². The Morgan fingerprint density at radius 3 is 2.50 bits per heavy atom. The molecule has 1 rings (SSSR count). The van der Waals surface area contributed by atoms with Crippen LogP contribution in [-0.2, 0) is 4.79 Å². The van der Waals surface area contributed by atoms with E-state index in [4.69, 9.17) is 11.6 Å². The molecule has 0 aromatic heterocycles. The third-order valence-corrected chi connectivity index (χ3v) is 2.80. The Labute approximate surface area is 114 Å². The maximum atomic E-state index is 12.0. The quantitative estimate of drug-likeness (QED) is 0.712. The Morgan fingerprint density at radius 1 is 1.28 bits per heavy atom. The average Bonchev–Trinajstić information content (AvgIpc) is 2.36. The molecule has 0 fully saturated rings. The van der Waals surface area contributed by atoms with Crippen molar-refractivity contribution in [3.05, 3.63) is 40.9 Å². The van der Waals surface area contributed by atoms with Gasteiger partial charge in [-0.25, -0.2) is 0 Å². The number of nitrogens with zero attached hydrogens (tertiary/aromatic N) is 1. The molecule has 0 bridgehead atoms. The first kappa shape index (κ1) is 14.8. The lowest BCUT2D eigenvalue weighted by Crippen LogP contribution is -2.30. The summed E-state index contributed by atoms with van der Waals surface area (Å²) in [4.78, 5) is 13.9. The van der Waals surface area contributed by atoms with Gasteiger partial charge in [-0.1, -0.05) is 37.6 Å². The molecule has 2 nitrogen and oxygen atoms in total. The normalized spacial score (nSPS) is 10.8. The van der Waals surface area contributed by atoms with Gasteiger partial charge in [-0.15, -0.1) is 0 Å². The highest BCUT2D eigenvalue weighted by Gasteiger charge is 2.07. The second kappa shape index (κ2) is 7.93. The Hall–Kier alpha value is -1.28. The average molecular weight is 266 g/mol. The Bertz CT molecular complexity index is 409. The smallest absolute Gasteiger partial charge is 0.246 e. The highest BCUT2D eigenvalue weighted by Crippen LogP contribution is 2.12. The molecule has 0 atom stereocenters. The van der Waals surface area contributed by atoms with Crippen molar-refractivity contribution in [3.8, 4) is 0 Å². The van der Waals surface area contributed by atoms with Gasteiger partial charge >= 0.3 is 0 Å². The van der Waals surface area contributed by atoms with Gasteiger partial charge in [0, 0.05) is 24.2 Å². The third kappa shape index (κ3) is 4.92. The van der Waals surface area contributed by atoms with Gasteiger partial charge in [-0.2, -0.15) is 0 Å². The molecule has 0 N–H and O–H groups in total. The number of rotatable bonds is 6. The molecule has 0 aliphatic heterocycles. The molecule has 3 heteroatoms. The van der Waals surface area contributed by atoms with Crippen molar-refractivity contribution in [2.24, 2.45) is 0 Å². The molecule has 0 aliphatic rings. The molecule has 0 saturated carbocycles. The van der Waals surface area contributed by atoms with E-state index in [-0.39, 0.29) is 5.91 Å². The summed E-state index contributed by atoms with van der Waals surface area (Å²) < 4.78 is 0. The van der Waals surface area contributed by atoms with Crippen LogP contribution in [-0.4, -0.2) is 23.9 Å². The van der Waals surface area contributed by atoms with E-state index in [1.807, 2.05) is 35.2 Å². The molecule has 0 spiro atoms. The van der Waals surface area contributed by atoms with Crippen molar-refractivity contribution in [1.29, 1.82) is 0 Å². The van der Waals surface area contributed by atoms with Gasteiger partial charge in [-0.05, 0) is 36.6 Å². The maximum absolute atomic E-state index is 12.0. The number of carbonyl (C=O) groups excluding carboxylic acids is 1. The van der Waals surface area contributed by atoms with Crippen LogP contribution in [0.4, 0.5) is 0 Å². The van der Waals surface area contributed by atoms with E-state index in [0.29, 0.717) is 5.02 Å². The van der Waals surface area contributed by atoms with E-state index < -0.39 is 0 Å². The summed E-state index contributed by atoms with van der Waals surface area (Å²) in [6.45, 7) is 5.78. The summed E-state index contributed by atoms with van der Waals surface area (Å²) in [5.74, 6) is 0.0682. The maximum Gasteiger partial charge on any atom is 0.246 e. The molecule has 0 unspecified atom stereocenters. The lowest BCUT2D eigenvalue weighted by atomic mass is 10.2. The first-order valence-corrected chi connectivity index (χ1v) is 6.77. The molecule has 18 heavy (non-hydrogen) atoms. The van der Waals surface area contributed by atoms with Gasteiger partial charge in [0.1, 0.15) is 0 Å². The zero-order valence-corrected chi connectivity index (χ0v) is 11.8. The lowest BCUT2D eigenvalue weighted by molar-refractivity contribution is -0.126. The fourth-order valence-corrected chi connectivity index (χ4v) is 1.95. The number of amides is 1. The molecular formula is C15H20ClNO. The second-order valence-corrected chi connectivity index (χ2v) is 4.65. The molecular weight excluding hydrogens is 246 g/mol. The van der Waals surface area contributed by atoms with Crippen molar-refractivity contribution < 1.29 is 4.79 Å². The first-order valence-electron chi connectivity index (χ1n) is 6.40. The highest BCUT2D eigenvalue weighted by molar-refractivity contribution is 6.30. The molecule has 1 amide bonds. The van der Waals surface area contributed by atoms with Crippen molar-refractivity contribution in [2.75, 3.05) is 13.1 Å². The minimum Gasteiger partial charge on any atom is -0.339 e. The number of hydrogen-bond acceptors (Lipinski definition) is 1. The van der Waals surface area contributed by atoms with Crippen LogP contribution in [0.2, 0.25) is 5.02 Å². The van der Waals surface area contributed by atoms with Gasteiger partial charge in [0.2, 0.25) is 5.91 Å². The summed E-state index contributed by atoms with van der Waals surface area (Å²) in [6.07, 6.45) is 5.40. The van der Waals surface area contributed by atoms with Crippen LogP contribution in [0.15, 0.2) is 30.3 Å². The van der Waals surface area contributed by atoms with E-state index >= 15 is 0 Å². The van der Waals surface area contributed by atoms with E-state index in [1.165, 1.54) is 0 Å². The van der Waals surface area contributed by atoms with E-state index in [9.17, 15) is 4.79 Å². The molecule has 98 valence electrons. The highest BCUT2D eigenvalue weighted by atomic mass is 35.5.